The highest BCUT2D eigenvalue weighted by atomic mass is 19.1. The van der Waals surface area contributed by atoms with Crippen molar-refractivity contribution in [1.82, 2.24) is 0 Å². The molecule has 0 aromatic heterocycles. The van der Waals surface area contributed by atoms with E-state index in [1.165, 1.54) is 12.1 Å². The first-order chi connectivity index (χ1) is 7.19. The maximum Gasteiger partial charge on any atom is 0.139 e. The summed E-state index contributed by atoms with van der Waals surface area (Å²) in [4.78, 5) is 0. The highest BCUT2D eigenvalue weighted by Crippen LogP contribution is 2.25. The molecule has 2 N–H and O–H groups in total. The molecule has 1 aromatic rings. The summed E-state index contributed by atoms with van der Waals surface area (Å²) in [6.07, 6.45) is 2.31. The van der Waals surface area contributed by atoms with Crippen molar-refractivity contribution < 1.29 is 19.4 Å². The Morgan fingerprint density at radius 3 is 2.80 bits per heavy atom. The number of phenolic OH excluding ortho intramolecular Hbond substituents is 1. The molecular formula is C10H10FNO3. The van der Waals surface area contributed by atoms with E-state index < -0.39 is 5.82 Å². The predicted molar refractivity (Wildman–Crippen MR) is 53.1 cm³/mol. The van der Waals surface area contributed by atoms with Crippen LogP contribution in [0.4, 0.5) is 4.39 Å². The lowest BCUT2D eigenvalue weighted by Crippen LogP contribution is -1.96. The van der Waals surface area contributed by atoms with Crippen molar-refractivity contribution in [2.24, 2.45) is 5.16 Å². The second kappa shape index (κ2) is 4.99. The quantitative estimate of drug-likeness (QED) is 0.346. The highest BCUT2D eigenvalue weighted by molar-refractivity contribution is 5.83. The van der Waals surface area contributed by atoms with E-state index in [0.717, 1.165) is 12.3 Å². The largest absolute Gasteiger partial charge is 0.507 e. The summed E-state index contributed by atoms with van der Waals surface area (Å²) in [5.74, 6) is -0.904. The molecule has 0 aliphatic heterocycles. The lowest BCUT2D eigenvalue weighted by Gasteiger charge is -2.06. The van der Waals surface area contributed by atoms with E-state index in [2.05, 4.69) is 11.7 Å². The fourth-order valence-corrected chi connectivity index (χ4v) is 1.00. The lowest BCUT2D eigenvalue weighted by atomic mass is 10.2. The molecule has 0 aliphatic carbocycles. The second-order valence-corrected chi connectivity index (χ2v) is 2.68. The maximum absolute atomic E-state index is 13.3. The van der Waals surface area contributed by atoms with E-state index in [0.29, 0.717) is 0 Å². The molecule has 0 saturated carbocycles. The zero-order valence-electron chi connectivity index (χ0n) is 7.85. The summed E-state index contributed by atoms with van der Waals surface area (Å²) in [5, 5.41) is 20.2. The van der Waals surface area contributed by atoms with Crippen LogP contribution in [0.15, 0.2) is 29.9 Å². The Morgan fingerprint density at radius 2 is 2.27 bits per heavy atom. The normalized spacial score (nSPS) is 10.5. The van der Waals surface area contributed by atoms with Crippen LogP contribution in [-0.4, -0.2) is 23.1 Å². The monoisotopic (exact) mass is 211 g/mol. The van der Waals surface area contributed by atoms with Gasteiger partial charge in [0, 0.05) is 12.1 Å². The molecule has 1 rings (SSSR count). The van der Waals surface area contributed by atoms with E-state index in [-0.39, 0.29) is 23.7 Å². The lowest BCUT2D eigenvalue weighted by molar-refractivity contribution is 0.321. The number of benzene rings is 1. The molecule has 0 saturated heterocycles. The van der Waals surface area contributed by atoms with Crippen molar-refractivity contribution in [2.45, 2.75) is 0 Å². The Balaban J connectivity index is 3.02. The van der Waals surface area contributed by atoms with Crippen molar-refractivity contribution in [3.63, 3.8) is 0 Å². The van der Waals surface area contributed by atoms with Crippen molar-refractivity contribution >= 4 is 6.21 Å². The van der Waals surface area contributed by atoms with Crippen LogP contribution >= 0.6 is 0 Å². The number of hydrogen-bond donors (Lipinski definition) is 2. The fourth-order valence-electron chi connectivity index (χ4n) is 1.00. The van der Waals surface area contributed by atoms with Gasteiger partial charge in [0.2, 0.25) is 0 Å². The van der Waals surface area contributed by atoms with Crippen LogP contribution in [0.3, 0.4) is 0 Å². The molecule has 0 fully saturated rings. The van der Waals surface area contributed by atoms with Gasteiger partial charge in [0.1, 0.15) is 23.9 Å². The standard InChI is InChI=1S/C10H10FNO3/c1-2-3-15-7-4-9(11)8(6-12-14)10(13)5-7/h2,4-6,13-14H,1,3H2/b12-6-. The van der Waals surface area contributed by atoms with Gasteiger partial charge in [-0.2, -0.15) is 0 Å². The van der Waals surface area contributed by atoms with Crippen LogP contribution in [0.2, 0.25) is 0 Å². The number of rotatable bonds is 4. The molecule has 5 heteroatoms. The number of oxime groups is 1. The van der Waals surface area contributed by atoms with E-state index in [9.17, 15) is 9.50 Å². The van der Waals surface area contributed by atoms with Crippen LogP contribution in [0, 0.1) is 5.82 Å². The number of phenols is 1. The Bertz CT molecular complexity index is 367. The first kappa shape index (κ1) is 11.0. The van der Waals surface area contributed by atoms with Gasteiger partial charge in [-0.3, -0.25) is 0 Å². The number of nitrogens with zero attached hydrogens (tertiary/aromatic N) is 1. The molecular weight excluding hydrogens is 201 g/mol. The molecule has 0 spiro atoms. The smallest absolute Gasteiger partial charge is 0.139 e. The third-order valence-corrected chi connectivity index (χ3v) is 1.64. The van der Waals surface area contributed by atoms with Gasteiger partial charge in [0.05, 0.1) is 11.8 Å². The van der Waals surface area contributed by atoms with E-state index in [1.807, 2.05) is 0 Å². The molecule has 15 heavy (non-hydrogen) atoms. The van der Waals surface area contributed by atoms with Crippen LogP contribution in [0.5, 0.6) is 11.5 Å². The van der Waals surface area contributed by atoms with Crippen molar-refractivity contribution in [1.29, 1.82) is 0 Å². The number of halogens is 1. The number of aromatic hydroxyl groups is 1. The van der Waals surface area contributed by atoms with Crippen LogP contribution < -0.4 is 4.74 Å². The summed E-state index contributed by atoms with van der Waals surface area (Å²) in [6.45, 7) is 3.65. The Kier molecular flexibility index (Phi) is 3.68. The van der Waals surface area contributed by atoms with Crippen molar-refractivity contribution in [2.75, 3.05) is 6.61 Å². The molecule has 0 radical (unpaired) electrons. The van der Waals surface area contributed by atoms with Gasteiger partial charge < -0.3 is 15.1 Å². The first-order valence-electron chi connectivity index (χ1n) is 4.12. The van der Waals surface area contributed by atoms with Crippen molar-refractivity contribution in [3.8, 4) is 11.5 Å². The molecule has 0 unspecified atom stereocenters. The van der Waals surface area contributed by atoms with Gasteiger partial charge in [-0.1, -0.05) is 17.8 Å². The fraction of sp³-hybridized carbons (Fsp3) is 0.100. The summed E-state index contributed by atoms with van der Waals surface area (Å²) in [5.41, 5.74) is -0.191. The Hall–Kier alpha value is -2.04. The molecule has 1 aromatic carbocycles. The number of ether oxygens (including phenoxy) is 1. The molecule has 0 amide bonds. The minimum absolute atomic E-state index is 0.181. The maximum atomic E-state index is 13.3. The van der Waals surface area contributed by atoms with Crippen LogP contribution in [0.25, 0.3) is 0 Å². The third kappa shape index (κ3) is 2.70. The van der Waals surface area contributed by atoms with Gasteiger partial charge in [0.15, 0.2) is 0 Å². The SMILES string of the molecule is C=CCOc1cc(O)c(/C=N\O)c(F)c1. The average molecular weight is 211 g/mol. The zero-order chi connectivity index (χ0) is 11.3. The summed E-state index contributed by atoms with van der Waals surface area (Å²) in [7, 11) is 0. The summed E-state index contributed by atoms with van der Waals surface area (Å²) in [6, 6.07) is 2.31. The van der Waals surface area contributed by atoms with Gasteiger partial charge in [-0.15, -0.1) is 0 Å². The van der Waals surface area contributed by atoms with Gasteiger partial charge in [-0.25, -0.2) is 4.39 Å². The molecule has 4 nitrogen and oxygen atoms in total. The molecule has 0 bridgehead atoms. The predicted octanol–water partition coefficient (Wildman–Crippen LogP) is 1.90. The van der Waals surface area contributed by atoms with Gasteiger partial charge in [0.25, 0.3) is 0 Å². The zero-order valence-corrected chi connectivity index (χ0v) is 7.85. The van der Waals surface area contributed by atoms with E-state index in [1.54, 1.807) is 0 Å². The minimum Gasteiger partial charge on any atom is -0.507 e. The third-order valence-electron chi connectivity index (χ3n) is 1.64. The topological polar surface area (TPSA) is 62.0 Å². The second-order valence-electron chi connectivity index (χ2n) is 2.68. The molecule has 0 atom stereocenters. The Morgan fingerprint density at radius 1 is 1.53 bits per heavy atom. The van der Waals surface area contributed by atoms with E-state index >= 15 is 0 Å². The molecule has 0 aliphatic rings. The van der Waals surface area contributed by atoms with E-state index in [4.69, 9.17) is 9.94 Å². The average Bonchev–Trinajstić information content (AvgIpc) is 2.20. The first-order valence-corrected chi connectivity index (χ1v) is 4.12. The Labute approximate surface area is 85.9 Å². The van der Waals surface area contributed by atoms with Crippen molar-refractivity contribution in [3.05, 3.63) is 36.2 Å². The van der Waals surface area contributed by atoms with Crippen LogP contribution in [-0.2, 0) is 0 Å². The number of hydrogen-bond acceptors (Lipinski definition) is 4. The minimum atomic E-state index is -0.730. The molecule has 80 valence electrons. The van der Waals surface area contributed by atoms with Gasteiger partial charge in [-0.05, 0) is 0 Å². The highest BCUT2D eigenvalue weighted by Gasteiger charge is 2.09. The van der Waals surface area contributed by atoms with Crippen LogP contribution in [0.1, 0.15) is 5.56 Å². The van der Waals surface area contributed by atoms with Gasteiger partial charge >= 0.3 is 0 Å². The summed E-state index contributed by atoms with van der Waals surface area (Å²) >= 11 is 0. The molecule has 0 heterocycles. The summed E-state index contributed by atoms with van der Waals surface area (Å²) < 4.78 is 18.3.